The molecule has 82 valence electrons. The Kier molecular flexibility index (Phi) is 2.89. The van der Waals surface area contributed by atoms with Crippen molar-refractivity contribution in [1.29, 1.82) is 0 Å². The predicted molar refractivity (Wildman–Crippen MR) is 61.9 cm³/mol. The number of imide groups is 1. The second kappa shape index (κ2) is 4.19. The van der Waals surface area contributed by atoms with E-state index in [2.05, 4.69) is 15.9 Å². The van der Waals surface area contributed by atoms with E-state index in [1.807, 2.05) is 0 Å². The quantitative estimate of drug-likeness (QED) is 0.832. The van der Waals surface area contributed by atoms with Crippen LogP contribution in [0.2, 0.25) is 0 Å². The van der Waals surface area contributed by atoms with Crippen molar-refractivity contribution in [1.82, 2.24) is 0 Å². The van der Waals surface area contributed by atoms with E-state index >= 15 is 0 Å². The van der Waals surface area contributed by atoms with E-state index in [0.29, 0.717) is 5.69 Å². The summed E-state index contributed by atoms with van der Waals surface area (Å²) in [6.07, 6.45) is 1.24. The molecule has 0 saturated heterocycles. The number of nitrogens with zero attached hydrogens (tertiary/aromatic N) is 1. The molecule has 1 aliphatic rings. The lowest BCUT2D eigenvalue weighted by Crippen LogP contribution is -2.30. The minimum Gasteiger partial charge on any atom is -0.392 e. The number of hydrogen-bond acceptors (Lipinski definition) is 3. The standard InChI is InChI=1S/C11H8BrNO3/c12-9-5-10(15)13(11(9)16)8-3-1-7(6-14)2-4-8/h1-5,14H,6H2. The number of anilines is 1. The molecule has 0 spiro atoms. The number of aliphatic hydroxyl groups excluding tert-OH is 1. The van der Waals surface area contributed by atoms with Gasteiger partial charge in [-0.05, 0) is 33.6 Å². The molecule has 5 heteroatoms. The van der Waals surface area contributed by atoms with E-state index in [9.17, 15) is 9.59 Å². The van der Waals surface area contributed by atoms with Gasteiger partial charge in [0.05, 0.1) is 16.8 Å². The number of aliphatic hydroxyl groups is 1. The van der Waals surface area contributed by atoms with Crippen LogP contribution in [0.5, 0.6) is 0 Å². The van der Waals surface area contributed by atoms with Gasteiger partial charge in [0.15, 0.2) is 0 Å². The zero-order chi connectivity index (χ0) is 11.7. The Labute approximate surface area is 100 Å². The molecule has 0 bridgehead atoms. The van der Waals surface area contributed by atoms with Gasteiger partial charge >= 0.3 is 0 Å². The smallest absolute Gasteiger partial charge is 0.272 e. The Morgan fingerprint density at radius 1 is 1.19 bits per heavy atom. The maximum atomic E-state index is 11.6. The summed E-state index contributed by atoms with van der Waals surface area (Å²) in [5.74, 6) is -0.740. The lowest BCUT2D eigenvalue weighted by Gasteiger charge is -2.14. The van der Waals surface area contributed by atoms with Crippen molar-refractivity contribution in [3.05, 3.63) is 40.4 Å². The molecule has 0 atom stereocenters. The molecular weight excluding hydrogens is 274 g/mol. The van der Waals surface area contributed by atoms with Crippen molar-refractivity contribution in [2.45, 2.75) is 6.61 Å². The molecule has 0 aliphatic carbocycles. The van der Waals surface area contributed by atoms with Crippen LogP contribution in [0.1, 0.15) is 5.56 Å². The highest BCUT2D eigenvalue weighted by Crippen LogP contribution is 2.25. The molecular formula is C11H8BrNO3. The van der Waals surface area contributed by atoms with Crippen molar-refractivity contribution in [2.75, 3.05) is 4.90 Å². The Balaban J connectivity index is 2.32. The highest BCUT2D eigenvalue weighted by atomic mass is 79.9. The molecule has 1 aromatic carbocycles. The summed E-state index contributed by atoms with van der Waals surface area (Å²) in [4.78, 5) is 24.2. The van der Waals surface area contributed by atoms with Gasteiger partial charge in [0.25, 0.3) is 11.8 Å². The number of halogens is 1. The zero-order valence-corrected chi connectivity index (χ0v) is 9.77. The Morgan fingerprint density at radius 2 is 1.81 bits per heavy atom. The Bertz CT molecular complexity index is 479. The normalized spacial score (nSPS) is 15.6. The van der Waals surface area contributed by atoms with Gasteiger partial charge in [0, 0.05) is 6.08 Å². The minimum atomic E-state index is -0.373. The summed E-state index contributed by atoms with van der Waals surface area (Å²) in [5, 5.41) is 8.87. The van der Waals surface area contributed by atoms with Crippen LogP contribution in [0, 0.1) is 0 Å². The fourth-order valence-electron chi connectivity index (χ4n) is 1.44. The van der Waals surface area contributed by atoms with Gasteiger partial charge < -0.3 is 5.11 Å². The molecule has 1 heterocycles. The van der Waals surface area contributed by atoms with Crippen LogP contribution in [-0.2, 0) is 16.2 Å². The largest absolute Gasteiger partial charge is 0.392 e. The van der Waals surface area contributed by atoms with Gasteiger partial charge in [-0.2, -0.15) is 0 Å². The number of carbonyl (C=O) groups excluding carboxylic acids is 2. The van der Waals surface area contributed by atoms with Crippen LogP contribution >= 0.6 is 15.9 Å². The molecule has 0 unspecified atom stereocenters. The van der Waals surface area contributed by atoms with Gasteiger partial charge in [0.2, 0.25) is 0 Å². The topological polar surface area (TPSA) is 57.6 Å². The van der Waals surface area contributed by atoms with Crippen LogP contribution in [0.25, 0.3) is 0 Å². The van der Waals surface area contributed by atoms with E-state index < -0.39 is 0 Å². The van der Waals surface area contributed by atoms with E-state index in [4.69, 9.17) is 5.11 Å². The van der Waals surface area contributed by atoms with Crippen molar-refractivity contribution in [3.8, 4) is 0 Å². The summed E-state index contributed by atoms with van der Waals surface area (Å²) in [6, 6.07) is 6.59. The first-order chi connectivity index (χ1) is 7.63. The van der Waals surface area contributed by atoms with E-state index in [0.717, 1.165) is 10.5 Å². The molecule has 1 aromatic rings. The maximum Gasteiger partial charge on any atom is 0.272 e. The van der Waals surface area contributed by atoms with Gasteiger partial charge in [-0.1, -0.05) is 12.1 Å². The van der Waals surface area contributed by atoms with Crippen molar-refractivity contribution in [3.63, 3.8) is 0 Å². The van der Waals surface area contributed by atoms with E-state index in [1.54, 1.807) is 24.3 Å². The molecule has 1 aliphatic heterocycles. The van der Waals surface area contributed by atoms with Crippen LogP contribution in [-0.4, -0.2) is 16.9 Å². The molecule has 1 N–H and O–H groups in total. The summed E-state index contributed by atoms with van der Waals surface area (Å²) in [7, 11) is 0. The summed E-state index contributed by atoms with van der Waals surface area (Å²) >= 11 is 3.02. The third-order valence-corrected chi connectivity index (χ3v) is 2.82. The van der Waals surface area contributed by atoms with Crippen LogP contribution in [0.15, 0.2) is 34.8 Å². The van der Waals surface area contributed by atoms with E-state index in [-0.39, 0.29) is 22.9 Å². The summed E-state index contributed by atoms with van der Waals surface area (Å²) in [6.45, 7) is -0.0654. The van der Waals surface area contributed by atoms with Crippen molar-refractivity contribution in [2.24, 2.45) is 0 Å². The maximum absolute atomic E-state index is 11.6. The number of carbonyl (C=O) groups is 2. The Hall–Kier alpha value is -1.46. The second-order valence-corrected chi connectivity index (χ2v) is 4.15. The number of benzene rings is 1. The van der Waals surface area contributed by atoms with E-state index in [1.165, 1.54) is 6.08 Å². The lowest BCUT2D eigenvalue weighted by atomic mass is 10.2. The summed E-state index contributed by atoms with van der Waals surface area (Å²) in [5.41, 5.74) is 1.23. The van der Waals surface area contributed by atoms with Crippen molar-refractivity contribution < 1.29 is 14.7 Å². The fourth-order valence-corrected chi connectivity index (χ4v) is 1.81. The summed E-state index contributed by atoms with van der Waals surface area (Å²) < 4.78 is 0.253. The molecule has 0 saturated carbocycles. The Morgan fingerprint density at radius 3 is 2.25 bits per heavy atom. The number of amides is 2. The van der Waals surface area contributed by atoms with Gasteiger partial charge in [-0.3, -0.25) is 9.59 Å². The van der Waals surface area contributed by atoms with Crippen molar-refractivity contribution >= 4 is 33.4 Å². The first-order valence-electron chi connectivity index (χ1n) is 4.59. The molecule has 2 rings (SSSR count). The SMILES string of the molecule is O=C1C=C(Br)C(=O)N1c1ccc(CO)cc1. The highest BCUT2D eigenvalue weighted by molar-refractivity contribution is 9.12. The molecule has 16 heavy (non-hydrogen) atoms. The molecule has 0 aromatic heterocycles. The monoisotopic (exact) mass is 281 g/mol. The first kappa shape index (κ1) is 11.0. The number of hydrogen-bond donors (Lipinski definition) is 1. The van der Waals surface area contributed by atoms with Gasteiger partial charge in [-0.15, -0.1) is 0 Å². The van der Waals surface area contributed by atoms with Crippen LogP contribution in [0.4, 0.5) is 5.69 Å². The van der Waals surface area contributed by atoms with Gasteiger partial charge in [0.1, 0.15) is 0 Å². The molecule has 0 radical (unpaired) electrons. The number of rotatable bonds is 2. The first-order valence-corrected chi connectivity index (χ1v) is 5.38. The third-order valence-electron chi connectivity index (χ3n) is 2.26. The zero-order valence-electron chi connectivity index (χ0n) is 8.18. The van der Waals surface area contributed by atoms with Crippen LogP contribution in [0.3, 0.4) is 0 Å². The minimum absolute atomic E-state index is 0.0654. The highest BCUT2D eigenvalue weighted by Gasteiger charge is 2.30. The average molecular weight is 282 g/mol. The fraction of sp³-hybridized carbons (Fsp3) is 0.0909. The predicted octanol–water partition coefficient (Wildman–Crippen LogP) is 1.33. The molecule has 0 fully saturated rings. The van der Waals surface area contributed by atoms with Crippen LogP contribution < -0.4 is 4.90 Å². The lowest BCUT2D eigenvalue weighted by molar-refractivity contribution is -0.120. The molecule has 4 nitrogen and oxygen atoms in total. The third kappa shape index (κ3) is 1.79. The van der Waals surface area contributed by atoms with Gasteiger partial charge in [-0.25, -0.2) is 4.90 Å². The second-order valence-electron chi connectivity index (χ2n) is 3.30. The molecule has 2 amide bonds. The average Bonchev–Trinajstić information content (AvgIpc) is 2.54.